The maximum atomic E-state index is 10.4. The Hall–Kier alpha value is -0.820. The van der Waals surface area contributed by atoms with E-state index < -0.39 is 10.8 Å². The summed E-state index contributed by atoms with van der Waals surface area (Å²) in [7, 11) is -0.623. The van der Waals surface area contributed by atoms with E-state index in [1.54, 1.807) is 11.7 Å². The van der Waals surface area contributed by atoms with Gasteiger partial charge in [0.05, 0.1) is 5.49 Å². The van der Waals surface area contributed by atoms with E-state index in [0.717, 1.165) is 44.8 Å². The Bertz CT molecular complexity index is 463. The molecule has 1 fully saturated rings. The number of nitrogens with zero attached hydrogens (tertiary/aromatic N) is 1. The lowest BCUT2D eigenvalue weighted by Crippen LogP contribution is -2.41. The molecule has 0 bridgehead atoms. The molecule has 1 aliphatic heterocycles. The van der Waals surface area contributed by atoms with Crippen molar-refractivity contribution < 1.29 is 4.21 Å². The summed E-state index contributed by atoms with van der Waals surface area (Å²) in [5.74, 6) is 0.803. The molecule has 0 radical (unpaired) electrons. The van der Waals surface area contributed by atoms with Crippen molar-refractivity contribution in [1.82, 2.24) is 10.2 Å². The minimum atomic E-state index is -0.623. The average molecular weight is 370 g/mol. The summed E-state index contributed by atoms with van der Waals surface area (Å²) in [5, 5.41) is 3.23. The highest BCUT2D eigenvalue weighted by atomic mass is 32.2. The Morgan fingerprint density at radius 2 is 1.96 bits per heavy atom. The molecule has 0 aromatic heterocycles. The Morgan fingerprint density at radius 1 is 1.29 bits per heavy atom. The Balaban J connectivity index is 0.000000307. The van der Waals surface area contributed by atoms with E-state index in [2.05, 4.69) is 40.5 Å². The molecule has 3 N–H and O–H groups in total. The molecular weight excluding hydrogens is 338 g/mol. The molecule has 4 nitrogen and oxygen atoms in total. The first-order chi connectivity index (χ1) is 11.7. The van der Waals surface area contributed by atoms with Crippen LogP contribution in [0.3, 0.4) is 0 Å². The van der Waals surface area contributed by atoms with Gasteiger partial charge < -0.3 is 11.1 Å². The highest BCUT2D eigenvalue weighted by Gasteiger charge is 2.17. The van der Waals surface area contributed by atoms with Crippen LogP contribution in [0.1, 0.15) is 31.2 Å². The van der Waals surface area contributed by atoms with Crippen LogP contribution in [-0.2, 0) is 17.3 Å². The average Bonchev–Trinajstić information content (AvgIpc) is 2.58. The molecular formula is C18H31N3OS2. The van der Waals surface area contributed by atoms with Crippen molar-refractivity contribution in [3.8, 4) is 0 Å². The van der Waals surface area contributed by atoms with Gasteiger partial charge in [-0.2, -0.15) is 0 Å². The first kappa shape index (κ1) is 21.2. The monoisotopic (exact) mass is 369 g/mol. The summed E-state index contributed by atoms with van der Waals surface area (Å²) in [4.78, 5) is 2.51. The predicted octanol–water partition coefficient (Wildman–Crippen LogP) is 2.30. The lowest BCUT2D eigenvalue weighted by Gasteiger charge is -2.31. The Morgan fingerprint density at radius 3 is 2.50 bits per heavy atom. The van der Waals surface area contributed by atoms with E-state index in [1.807, 2.05) is 0 Å². The summed E-state index contributed by atoms with van der Waals surface area (Å²) in [5.41, 5.74) is 8.27. The second-order valence-electron chi connectivity index (χ2n) is 6.09. The molecule has 2 rings (SSSR count). The van der Waals surface area contributed by atoms with Crippen molar-refractivity contribution in [3.63, 3.8) is 0 Å². The minimum Gasteiger partial charge on any atom is -0.379 e. The molecule has 1 saturated heterocycles. The minimum absolute atomic E-state index is 0.588. The van der Waals surface area contributed by atoms with Gasteiger partial charge >= 0.3 is 0 Å². The van der Waals surface area contributed by atoms with E-state index in [9.17, 15) is 4.21 Å². The SMILES string of the molecule is CS(=O)CCCCN.S=CNC1CCN(Cc2ccccc2)CC1. The predicted molar refractivity (Wildman–Crippen MR) is 109 cm³/mol. The summed E-state index contributed by atoms with van der Waals surface area (Å²) < 4.78 is 10.4. The molecule has 1 aliphatic rings. The van der Waals surface area contributed by atoms with Gasteiger partial charge in [-0.3, -0.25) is 9.11 Å². The van der Waals surface area contributed by atoms with Gasteiger partial charge in [-0.15, -0.1) is 0 Å². The molecule has 1 aromatic rings. The van der Waals surface area contributed by atoms with Gasteiger partial charge in [0.1, 0.15) is 0 Å². The van der Waals surface area contributed by atoms with Crippen LogP contribution >= 0.6 is 12.2 Å². The number of likely N-dealkylation sites (tertiary alicyclic amines) is 1. The van der Waals surface area contributed by atoms with Crippen LogP contribution in [0.4, 0.5) is 0 Å². The van der Waals surface area contributed by atoms with Crippen molar-refractivity contribution >= 4 is 28.5 Å². The highest BCUT2D eigenvalue weighted by Crippen LogP contribution is 2.13. The number of nitrogens with two attached hydrogens (primary N) is 1. The molecule has 136 valence electrons. The summed E-state index contributed by atoms with van der Waals surface area (Å²) in [6, 6.07) is 11.3. The van der Waals surface area contributed by atoms with Gasteiger partial charge in [-0.1, -0.05) is 42.5 Å². The molecule has 0 spiro atoms. The number of nitrogens with one attached hydrogen (secondary N) is 1. The fraction of sp³-hybridized carbons (Fsp3) is 0.611. The number of hydrogen-bond acceptors (Lipinski definition) is 4. The maximum Gasteiger partial charge on any atom is 0.0617 e. The van der Waals surface area contributed by atoms with Crippen LogP contribution in [-0.4, -0.2) is 52.3 Å². The number of rotatable bonds is 8. The van der Waals surface area contributed by atoms with Gasteiger partial charge in [-0.25, -0.2) is 0 Å². The summed E-state index contributed by atoms with van der Waals surface area (Å²) >= 11 is 4.82. The molecule has 1 unspecified atom stereocenters. The summed E-state index contributed by atoms with van der Waals surface area (Å²) in [6.45, 7) is 4.12. The molecule has 1 heterocycles. The van der Waals surface area contributed by atoms with E-state index in [4.69, 9.17) is 18.0 Å². The zero-order valence-corrected chi connectivity index (χ0v) is 16.3. The zero-order valence-electron chi connectivity index (χ0n) is 14.7. The molecule has 0 amide bonds. The second kappa shape index (κ2) is 13.5. The van der Waals surface area contributed by atoms with Gasteiger partial charge in [-0.05, 0) is 37.8 Å². The highest BCUT2D eigenvalue weighted by molar-refractivity contribution is 7.84. The fourth-order valence-electron chi connectivity index (χ4n) is 2.65. The molecule has 1 atom stereocenters. The third-order valence-electron chi connectivity index (χ3n) is 4.03. The van der Waals surface area contributed by atoms with Gasteiger partial charge in [0.2, 0.25) is 0 Å². The standard InChI is InChI=1S/C13H18N2S.C5H13NOS/c16-11-14-13-6-8-15(9-7-13)10-12-4-2-1-3-5-12;1-8(7)5-3-2-4-6/h1-5,11,13H,6-10H2,(H,14,16);2-6H2,1H3. The van der Waals surface area contributed by atoms with E-state index in [-0.39, 0.29) is 0 Å². The van der Waals surface area contributed by atoms with Crippen LogP contribution in [0.5, 0.6) is 0 Å². The van der Waals surface area contributed by atoms with Gasteiger partial charge in [0, 0.05) is 48.5 Å². The third kappa shape index (κ3) is 10.1. The van der Waals surface area contributed by atoms with E-state index in [1.165, 1.54) is 18.4 Å². The van der Waals surface area contributed by atoms with Crippen LogP contribution in [0.2, 0.25) is 0 Å². The topological polar surface area (TPSA) is 58.4 Å². The molecule has 0 aliphatic carbocycles. The lowest BCUT2D eigenvalue weighted by molar-refractivity contribution is 0.199. The molecule has 1 aromatic carbocycles. The van der Waals surface area contributed by atoms with Crippen molar-refractivity contribution in [1.29, 1.82) is 0 Å². The van der Waals surface area contributed by atoms with Crippen LogP contribution in [0.15, 0.2) is 30.3 Å². The first-order valence-corrected chi connectivity index (χ1v) is 10.8. The molecule has 6 heteroatoms. The van der Waals surface area contributed by atoms with Gasteiger partial charge in [0.15, 0.2) is 0 Å². The van der Waals surface area contributed by atoms with E-state index >= 15 is 0 Å². The third-order valence-corrected chi connectivity index (χ3v) is 5.03. The number of thiocarbonyl (C=S) groups is 1. The largest absolute Gasteiger partial charge is 0.379 e. The van der Waals surface area contributed by atoms with Crippen molar-refractivity contribution in [2.75, 3.05) is 31.6 Å². The number of unbranched alkanes of at least 4 members (excludes halogenated alkanes) is 1. The Kier molecular flexibility index (Phi) is 11.9. The molecule has 0 saturated carbocycles. The normalized spacial score (nSPS) is 16.8. The maximum absolute atomic E-state index is 10.4. The quantitative estimate of drug-likeness (QED) is 0.544. The number of hydrogen-bond donors (Lipinski definition) is 2. The molecule has 24 heavy (non-hydrogen) atoms. The number of piperidine rings is 1. The Labute approximate surface area is 154 Å². The van der Waals surface area contributed by atoms with Crippen molar-refractivity contribution in [2.24, 2.45) is 5.73 Å². The lowest BCUT2D eigenvalue weighted by atomic mass is 10.0. The fourth-order valence-corrected chi connectivity index (χ4v) is 3.45. The number of benzene rings is 1. The van der Waals surface area contributed by atoms with Crippen molar-refractivity contribution in [2.45, 2.75) is 38.3 Å². The first-order valence-electron chi connectivity index (χ1n) is 8.61. The van der Waals surface area contributed by atoms with Crippen molar-refractivity contribution in [3.05, 3.63) is 35.9 Å². The van der Waals surface area contributed by atoms with Gasteiger partial charge in [0.25, 0.3) is 0 Å². The van der Waals surface area contributed by atoms with E-state index in [0.29, 0.717) is 6.04 Å². The second-order valence-corrected chi connectivity index (χ2v) is 7.88. The summed E-state index contributed by atoms with van der Waals surface area (Å²) in [6.07, 6.45) is 6.11. The van der Waals surface area contributed by atoms with Crippen LogP contribution in [0.25, 0.3) is 0 Å². The van der Waals surface area contributed by atoms with Crippen LogP contribution < -0.4 is 11.1 Å². The smallest absolute Gasteiger partial charge is 0.0617 e. The zero-order chi connectivity index (χ0) is 17.6. The van der Waals surface area contributed by atoms with Crippen LogP contribution in [0, 0.1) is 0 Å².